The van der Waals surface area contributed by atoms with Crippen molar-refractivity contribution in [1.82, 2.24) is 36.8 Å². The van der Waals surface area contributed by atoms with Crippen LogP contribution < -0.4 is 31.9 Å². The molecule has 11 nitrogen and oxygen atoms in total. The molecule has 5 aliphatic heterocycles. The van der Waals surface area contributed by atoms with Crippen molar-refractivity contribution in [3.05, 3.63) is 0 Å². The zero-order valence-electron chi connectivity index (χ0n) is 22.2. The zero-order chi connectivity index (χ0) is 27.7. The molecule has 5 saturated heterocycles. The Hall–Kier alpha value is -0.840. The van der Waals surface area contributed by atoms with Crippen LogP contribution in [-0.4, -0.2) is 116 Å². The van der Waals surface area contributed by atoms with Crippen molar-refractivity contribution in [2.75, 3.05) is 46.4 Å². The van der Waals surface area contributed by atoms with Gasteiger partial charge in [0.2, 0.25) is 11.8 Å². The SMILES string of the molecule is COC1CNC(Cl)CC1C1CC(C)NCC1C(=O)NC1NC2CN(C(=O)C3CNC(OC(F)F)CN3)CC2S1. The van der Waals surface area contributed by atoms with Crippen molar-refractivity contribution in [3.63, 3.8) is 0 Å². The van der Waals surface area contributed by atoms with Gasteiger partial charge < -0.3 is 30.3 Å². The number of amides is 2. The third-order valence-corrected chi connectivity index (χ3v) is 10.4. The Balaban J connectivity index is 1.12. The van der Waals surface area contributed by atoms with E-state index in [0.29, 0.717) is 32.2 Å². The highest BCUT2D eigenvalue weighted by atomic mass is 35.5. The molecule has 2 amide bonds. The first-order valence-corrected chi connectivity index (χ1v) is 15.1. The van der Waals surface area contributed by atoms with Crippen molar-refractivity contribution in [1.29, 1.82) is 0 Å². The highest BCUT2D eigenvalue weighted by molar-refractivity contribution is 8.00. The van der Waals surface area contributed by atoms with E-state index < -0.39 is 18.9 Å². The molecule has 11 atom stereocenters. The average molecular weight is 596 g/mol. The molecule has 0 saturated carbocycles. The number of nitrogens with one attached hydrogen (secondary N) is 6. The Morgan fingerprint density at radius 3 is 2.56 bits per heavy atom. The van der Waals surface area contributed by atoms with Crippen LogP contribution >= 0.6 is 23.4 Å². The Morgan fingerprint density at radius 2 is 1.87 bits per heavy atom. The molecule has 0 bridgehead atoms. The summed E-state index contributed by atoms with van der Waals surface area (Å²) in [7, 11) is 1.72. The number of carbonyl (C=O) groups is 2. The van der Waals surface area contributed by atoms with Crippen molar-refractivity contribution in [2.45, 2.75) is 73.1 Å². The van der Waals surface area contributed by atoms with Crippen molar-refractivity contribution in [3.8, 4) is 0 Å². The third-order valence-electron chi connectivity index (χ3n) is 8.71. The van der Waals surface area contributed by atoms with Crippen molar-refractivity contribution in [2.24, 2.45) is 17.8 Å². The number of halogens is 3. The third kappa shape index (κ3) is 6.97. The molecule has 222 valence electrons. The van der Waals surface area contributed by atoms with Crippen molar-refractivity contribution < 1.29 is 27.8 Å². The normalized spacial score (nSPS) is 42.9. The predicted molar refractivity (Wildman–Crippen MR) is 143 cm³/mol. The summed E-state index contributed by atoms with van der Waals surface area (Å²) in [4.78, 5) is 28.4. The van der Waals surface area contributed by atoms with Gasteiger partial charge in [-0.25, -0.2) is 0 Å². The first kappa shape index (κ1) is 29.6. The molecule has 0 radical (unpaired) electrons. The van der Waals surface area contributed by atoms with Gasteiger partial charge in [0.25, 0.3) is 0 Å². The van der Waals surface area contributed by atoms with E-state index in [1.165, 1.54) is 0 Å². The number of hydrogen-bond acceptors (Lipinski definition) is 10. The lowest BCUT2D eigenvalue weighted by molar-refractivity contribution is -0.174. The Bertz CT molecular complexity index is 862. The molecular weight excluding hydrogens is 556 g/mol. The van der Waals surface area contributed by atoms with E-state index >= 15 is 0 Å². The van der Waals surface area contributed by atoms with Crippen LogP contribution in [0.2, 0.25) is 0 Å². The Kier molecular flexibility index (Phi) is 9.87. The number of ether oxygens (including phenoxy) is 2. The number of methoxy groups -OCH3 is 1. The molecule has 0 aromatic carbocycles. The summed E-state index contributed by atoms with van der Waals surface area (Å²) in [6.07, 6.45) is 0.849. The lowest BCUT2D eigenvalue weighted by Crippen LogP contribution is -2.61. The van der Waals surface area contributed by atoms with Gasteiger partial charge in [0.05, 0.1) is 23.6 Å². The second-order valence-electron chi connectivity index (χ2n) is 11.2. The van der Waals surface area contributed by atoms with Crippen LogP contribution in [0.25, 0.3) is 0 Å². The summed E-state index contributed by atoms with van der Waals surface area (Å²) >= 11 is 8.09. The largest absolute Gasteiger partial charge is 0.380 e. The number of alkyl halides is 3. The standard InChI is InChI=1S/C24H40ClF2N7O4S/c1-11-3-12(13-4-19(25)30-7-17(13)37-2)14(5-28-11)21(35)33-24-32-16-9-34(10-18(16)39-24)22(36)15-6-31-20(8-29-15)38-23(26)27/h11-20,23-24,28-32H,3-10H2,1-2H3,(H,33,35). The number of rotatable bonds is 7. The van der Waals surface area contributed by atoms with Gasteiger partial charge >= 0.3 is 6.61 Å². The highest BCUT2D eigenvalue weighted by Gasteiger charge is 2.47. The van der Waals surface area contributed by atoms with Crippen LogP contribution in [0.4, 0.5) is 8.78 Å². The van der Waals surface area contributed by atoms with Gasteiger partial charge in [0.15, 0.2) is 0 Å². The molecule has 6 N–H and O–H groups in total. The number of likely N-dealkylation sites (tertiary alicyclic amines) is 1. The lowest BCUT2D eigenvalue weighted by atomic mass is 9.70. The van der Waals surface area contributed by atoms with Gasteiger partial charge in [-0.3, -0.25) is 25.5 Å². The molecule has 0 aliphatic carbocycles. The molecule has 0 spiro atoms. The number of thioether (sulfide) groups is 1. The fraction of sp³-hybridized carbons (Fsp3) is 0.917. The monoisotopic (exact) mass is 595 g/mol. The summed E-state index contributed by atoms with van der Waals surface area (Å²) in [6.45, 7) is 2.04. The fourth-order valence-corrected chi connectivity index (χ4v) is 8.41. The fourth-order valence-electron chi connectivity index (χ4n) is 6.70. The smallest absolute Gasteiger partial charge is 0.346 e. The number of piperazine rings is 1. The quantitative estimate of drug-likeness (QED) is 0.165. The zero-order valence-corrected chi connectivity index (χ0v) is 23.8. The van der Waals surface area contributed by atoms with Gasteiger partial charge in [0, 0.05) is 63.7 Å². The highest BCUT2D eigenvalue weighted by Crippen LogP contribution is 2.38. The Labute approximate surface area is 236 Å². The minimum Gasteiger partial charge on any atom is -0.380 e. The molecule has 0 aromatic rings. The van der Waals surface area contributed by atoms with Gasteiger partial charge in [-0.2, -0.15) is 8.78 Å². The minimum absolute atomic E-state index is 0.0176. The maximum absolute atomic E-state index is 13.6. The van der Waals surface area contributed by atoms with Crippen LogP contribution in [0.5, 0.6) is 0 Å². The van der Waals surface area contributed by atoms with E-state index in [1.807, 2.05) is 0 Å². The molecule has 5 heterocycles. The summed E-state index contributed by atoms with van der Waals surface area (Å²) < 4.78 is 35.1. The number of hydrogen-bond donors (Lipinski definition) is 6. The maximum Gasteiger partial charge on any atom is 0.346 e. The van der Waals surface area contributed by atoms with Gasteiger partial charge in [-0.05, 0) is 31.6 Å². The van der Waals surface area contributed by atoms with E-state index in [2.05, 4.69) is 43.6 Å². The van der Waals surface area contributed by atoms with Crippen LogP contribution in [0.15, 0.2) is 0 Å². The molecule has 5 fully saturated rings. The molecule has 11 unspecified atom stereocenters. The van der Waals surface area contributed by atoms with Gasteiger partial charge in [-0.15, -0.1) is 23.4 Å². The molecule has 15 heteroatoms. The Morgan fingerprint density at radius 1 is 1.05 bits per heavy atom. The predicted octanol–water partition coefficient (Wildman–Crippen LogP) is -0.768. The molecular formula is C24H40ClF2N7O4S. The molecule has 0 aromatic heterocycles. The summed E-state index contributed by atoms with van der Waals surface area (Å²) in [6, 6.07) is -0.104. The van der Waals surface area contributed by atoms with Crippen molar-refractivity contribution >= 4 is 35.2 Å². The molecule has 39 heavy (non-hydrogen) atoms. The van der Waals surface area contributed by atoms with E-state index in [-0.39, 0.29) is 71.1 Å². The number of carbonyl (C=O) groups excluding carboxylic acids is 2. The van der Waals surface area contributed by atoms with E-state index in [1.54, 1.807) is 23.8 Å². The molecule has 5 aliphatic rings. The molecule has 5 rings (SSSR count). The maximum atomic E-state index is 13.6. The van der Waals surface area contributed by atoms with Crippen LogP contribution in [0, 0.1) is 17.8 Å². The first-order valence-electron chi connectivity index (χ1n) is 13.8. The van der Waals surface area contributed by atoms with Crippen LogP contribution in [0.1, 0.15) is 19.8 Å². The number of fused-ring (bicyclic) bond motifs is 1. The average Bonchev–Trinajstić information content (AvgIpc) is 3.47. The topological polar surface area (TPSA) is 128 Å². The van der Waals surface area contributed by atoms with Crippen LogP contribution in [0.3, 0.4) is 0 Å². The van der Waals surface area contributed by atoms with Crippen LogP contribution in [-0.2, 0) is 19.1 Å². The van der Waals surface area contributed by atoms with E-state index in [0.717, 1.165) is 12.8 Å². The van der Waals surface area contributed by atoms with E-state index in [9.17, 15) is 18.4 Å². The summed E-state index contributed by atoms with van der Waals surface area (Å²) in [5.41, 5.74) is -0.349. The van der Waals surface area contributed by atoms with Gasteiger partial charge in [-0.1, -0.05) is 0 Å². The summed E-state index contributed by atoms with van der Waals surface area (Å²) in [5, 5.41) is 19.5. The summed E-state index contributed by atoms with van der Waals surface area (Å²) in [5.74, 6) is 0.135. The number of nitrogens with zero attached hydrogens (tertiary/aromatic N) is 1. The first-order chi connectivity index (χ1) is 18.7. The minimum atomic E-state index is -2.86. The second-order valence-corrected chi connectivity index (χ2v) is 13.1. The second kappa shape index (κ2) is 13.0. The van der Waals surface area contributed by atoms with E-state index in [4.69, 9.17) is 16.3 Å². The lowest BCUT2D eigenvalue weighted by Gasteiger charge is -2.45. The van der Waals surface area contributed by atoms with Gasteiger partial charge in [0.1, 0.15) is 11.7 Å². The number of piperidine rings is 2.